The number of benzene rings is 2. The van der Waals surface area contributed by atoms with E-state index in [1.54, 1.807) is 48.7 Å². The Morgan fingerprint density at radius 2 is 1.79 bits per heavy atom. The van der Waals surface area contributed by atoms with Crippen LogP contribution in [0.1, 0.15) is 10.4 Å². The molecule has 0 spiro atoms. The van der Waals surface area contributed by atoms with E-state index in [0.29, 0.717) is 10.9 Å². The number of anilines is 1. The van der Waals surface area contributed by atoms with E-state index in [2.05, 4.69) is 4.98 Å². The summed E-state index contributed by atoms with van der Waals surface area (Å²) in [5.74, 6) is -0.688. The van der Waals surface area contributed by atoms with Gasteiger partial charge < -0.3 is 5.73 Å². The lowest BCUT2D eigenvalue weighted by Gasteiger charge is -2.22. The Balaban J connectivity index is 2.19. The molecule has 0 fully saturated rings. The summed E-state index contributed by atoms with van der Waals surface area (Å²) in [5.41, 5.74) is 6.30. The van der Waals surface area contributed by atoms with Gasteiger partial charge in [0.15, 0.2) is 0 Å². The van der Waals surface area contributed by atoms with E-state index in [9.17, 15) is 13.2 Å². The summed E-state index contributed by atoms with van der Waals surface area (Å²) in [4.78, 5) is 15.9. The van der Waals surface area contributed by atoms with Crippen LogP contribution in [0.5, 0.6) is 0 Å². The minimum atomic E-state index is -3.89. The smallest absolute Gasteiger partial charge is 0.264 e. The Morgan fingerprint density at radius 3 is 2.54 bits per heavy atom. The first-order valence-electron chi connectivity index (χ1n) is 7.14. The molecule has 0 saturated heterocycles. The number of para-hydroxylation sites is 1. The van der Waals surface area contributed by atoms with Gasteiger partial charge in [0.05, 0.1) is 21.7 Å². The van der Waals surface area contributed by atoms with Crippen LogP contribution in [0.2, 0.25) is 0 Å². The van der Waals surface area contributed by atoms with Crippen molar-refractivity contribution in [1.29, 1.82) is 0 Å². The fourth-order valence-corrected chi connectivity index (χ4v) is 3.95. The van der Waals surface area contributed by atoms with Crippen molar-refractivity contribution in [3.8, 4) is 0 Å². The zero-order chi connectivity index (χ0) is 17.3. The zero-order valence-corrected chi connectivity index (χ0v) is 13.7. The van der Waals surface area contributed by atoms with Gasteiger partial charge in [-0.15, -0.1) is 0 Å². The molecule has 0 aliphatic carbocycles. The van der Waals surface area contributed by atoms with E-state index in [0.717, 1.165) is 4.31 Å². The van der Waals surface area contributed by atoms with E-state index < -0.39 is 15.9 Å². The number of rotatable bonds is 4. The number of carbonyl (C=O) groups excluding carboxylic acids is 1. The number of pyridine rings is 1. The number of hydrogen-bond donors (Lipinski definition) is 1. The van der Waals surface area contributed by atoms with Crippen molar-refractivity contribution in [2.45, 2.75) is 4.90 Å². The fourth-order valence-electron chi connectivity index (χ4n) is 2.53. The van der Waals surface area contributed by atoms with Gasteiger partial charge in [-0.1, -0.05) is 18.2 Å². The van der Waals surface area contributed by atoms with Crippen LogP contribution in [0.4, 0.5) is 5.69 Å². The average molecular weight is 341 g/mol. The van der Waals surface area contributed by atoms with E-state index in [1.165, 1.54) is 19.2 Å². The third-order valence-corrected chi connectivity index (χ3v) is 5.58. The Kier molecular flexibility index (Phi) is 3.94. The van der Waals surface area contributed by atoms with Gasteiger partial charge in [0.1, 0.15) is 0 Å². The van der Waals surface area contributed by atoms with Crippen molar-refractivity contribution in [2.75, 3.05) is 11.4 Å². The minimum Gasteiger partial charge on any atom is -0.366 e. The van der Waals surface area contributed by atoms with Crippen LogP contribution in [-0.4, -0.2) is 26.4 Å². The average Bonchev–Trinajstić information content (AvgIpc) is 2.60. The van der Waals surface area contributed by atoms with Crippen LogP contribution in [-0.2, 0) is 10.0 Å². The van der Waals surface area contributed by atoms with Crippen molar-refractivity contribution in [3.63, 3.8) is 0 Å². The van der Waals surface area contributed by atoms with Gasteiger partial charge >= 0.3 is 0 Å². The van der Waals surface area contributed by atoms with E-state index in [-0.39, 0.29) is 16.1 Å². The number of fused-ring (bicyclic) bond motifs is 1. The molecule has 1 heterocycles. The van der Waals surface area contributed by atoms with Gasteiger partial charge in [0, 0.05) is 18.6 Å². The summed E-state index contributed by atoms with van der Waals surface area (Å²) in [5, 5.41) is 0.517. The van der Waals surface area contributed by atoms with E-state index >= 15 is 0 Å². The van der Waals surface area contributed by atoms with E-state index in [4.69, 9.17) is 5.73 Å². The third kappa shape index (κ3) is 2.59. The number of nitrogens with zero attached hydrogens (tertiary/aromatic N) is 2. The van der Waals surface area contributed by atoms with Crippen LogP contribution >= 0.6 is 0 Å². The molecule has 0 saturated carbocycles. The molecule has 1 amide bonds. The van der Waals surface area contributed by atoms with Gasteiger partial charge in [-0.2, -0.15) is 0 Å². The standard InChI is InChI=1S/C17H15N3O3S/c1-20(15-9-3-2-6-13(15)17(18)21)24(22,23)16-10-4-8-14-12(16)7-5-11-19-14/h2-11H,1H3,(H2,18,21). The Bertz CT molecular complexity index is 1030. The highest BCUT2D eigenvalue weighted by molar-refractivity contribution is 7.93. The molecular weight excluding hydrogens is 326 g/mol. The molecule has 3 aromatic rings. The molecule has 0 bridgehead atoms. The summed E-state index contributed by atoms with van der Waals surface area (Å²) in [7, 11) is -2.49. The number of primary amides is 1. The molecule has 24 heavy (non-hydrogen) atoms. The Morgan fingerprint density at radius 1 is 1.04 bits per heavy atom. The predicted molar refractivity (Wildman–Crippen MR) is 92.3 cm³/mol. The van der Waals surface area contributed by atoms with Crippen molar-refractivity contribution in [1.82, 2.24) is 4.98 Å². The summed E-state index contributed by atoms with van der Waals surface area (Å²) >= 11 is 0. The lowest BCUT2D eigenvalue weighted by Crippen LogP contribution is -2.29. The monoisotopic (exact) mass is 341 g/mol. The van der Waals surface area contributed by atoms with Crippen molar-refractivity contribution in [3.05, 3.63) is 66.4 Å². The van der Waals surface area contributed by atoms with Crippen LogP contribution in [0.15, 0.2) is 65.7 Å². The van der Waals surface area contributed by atoms with Crippen LogP contribution in [0, 0.1) is 0 Å². The lowest BCUT2D eigenvalue weighted by molar-refractivity contribution is 0.100. The van der Waals surface area contributed by atoms with Crippen molar-refractivity contribution < 1.29 is 13.2 Å². The molecule has 0 aliphatic heterocycles. The first-order valence-corrected chi connectivity index (χ1v) is 8.58. The summed E-state index contributed by atoms with van der Waals surface area (Å²) in [6, 6.07) is 14.6. The molecule has 3 rings (SSSR count). The first-order chi connectivity index (χ1) is 11.4. The quantitative estimate of drug-likeness (QED) is 0.787. The summed E-state index contributed by atoms with van der Waals surface area (Å²) in [6.45, 7) is 0. The number of nitrogens with two attached hydrogens (primary N) is 1. The zero-order valence-electron chi connectivity index (χ0n) is 12.9. The Labute approximate surface area is 139 Å². The normalized spacial score (nSPS) is 11.4. The molecule has 0 aliphatic rings. The molecule has 2 N–H and O–H groups in total. The maximum absolute atomic E-state index is 13.1. The molecule has 0 unspecified atom stereocenters. The van der Waals surface area contributed by atoms with Gasteiger partial charge in [-0.3, -0.25) is 14.1 Å². The maximum atomic E-state index is 13.1. The second-order valence-electron chi connectivity index (χ2n) is 5.18. The summed E-state index contributed by atoms with van der Waals surface area (Å²) in [6.07, 6.45) is 1.60. The number of carbonyl (C=O) groups is 1. The Hall–Kier alpha value is -2.93. The molecule has 2 aromatic carbocycles. The van der Waals surface area contributed by atoms with Gasteiger partial charge in [0.2, 0.25) is 0 Å². The highest BCUT2D eigenvalue weighted by atomic mass is 32.2. The first kappa shape index (κ1) is 15.9. The highest BCUT2D eigenvalue weighted by Gasteiger charge is 2.26. The van der Waals surface area contributed by atoms with Crippen LogP contribution in [0.25, 0.3) is 10.9 Å². The molecule has 7 heteroatoms. The minimum absolute atomic E-state index is 0.120. The van der Waals surface area contributed by atoms with Crippen molar-refractivity contribution in [2.24, 2.45) is 5.73 Å². The molecule has 6 nitrogen and oxygen atoms in total. The maximum Gasteiger partial charge on any atom is 0.264 e. The third-order valence-electron chi connectivity index (χ3n) is 3.75. The van der Waals surface area contributed by atoms with E-state index in [1.807, 2.05) is 0 Å². The van der Waals surface area contributed by atoms with Crippen molar-refractivity contribution >= 4 is 32.5 Å². The molecule has 1 aromatic heterocycles. The van der Waals surface area contributed by atoms with Gasteiger partial charge in [-0.25, -0.2) is 8.42 Å². The molecular formula is C17H15N3O3S. The van der Waals surface area contributed by atoms with Gasteiger partial charge in [-0.05, 0) is 36.4 Å². The van der Waals surface area contributed by atoms with Crippen LogP contribution < -0.4 is 10.0 Å². The highest BCUT2D eigenvalue weighted by Crippen LogP contribution is 2.29. The largest absolute Gasteiger partial charge is 0.366 e. The lowest BCUT2D eigenvalue weighted by atomic mass is 10.2. The fraction of sp³-hybridized carbons (Fsp3) is 0.0588. The summed E-state index contributed by atoms with van der Waals surface area (Å²) < 4.78 is 27.2. The number of aromatic nitrogens is 1. The predicted octanol–water partition coefficient (Wildman–Crippen LogP) is 2.16. The van der Waals surface area contributed by atoms with Gasteiger partial charge in [0.25, 0.3) is 15.9 Å². The number of hydrogen-bond acceptors (Lipinski definition) is 4. The SMILES string of the molecule is CN(c1ccccc1C(N)=O)S(=O)(=O)c1cccc2ncccc12. The molecule has 0 radical (unpaired) electrons. The second-order valence-corrected chi connectivity index (χ2v) is 7.12. The van der Waals surface area contributed by atoms with Crippen LogP contribution in [0.3, 0.4) is 0 Å². The number of amides is 1. The number of sulfonamides is 1. The molecule has 122 valence electrons. The topological polar surface area (TPSA) is 93.4 Å². The second kappa shape index (κ2) is 5.93. The molecule has 0 atom stereocenters.